The fraction of sp³-hybridized carbons (Fsp3) is 0.471. The number of amides is 2. The molecule has 0 unspecified atom stereocenters. The third kappa shape index (κ3) is 3.42. The molecule has 0 spiro atoms. The van der Waals surface area contributed by atoms with Crippen LogP contribution in [0.5, 0.6) is 0 Å². The number of carbonyl (C=O) groups is 2. The van der Waals surface area contributed by atoms with E-state index in [0.717, 1.165) is 18.7 Å². The van der Waals surface area contributed by atoms with Crippen molar-refractivity contribution >= 4 is 23.2 Å². The predicted octanol–water partition coefficient (Wildman–Crippen LogP) is 1.25. The molecule has 6 heteroatoms. The number of aryl methyl sites for hydroxylation is 1. The van der Waals surface area contributed by atoms with Crippen molar-refractivity contribution in [1.82, 2.24) is 9.80 Å². The van der Waals surface area contributed by atoms with Crippen LogP contribution < -0.4 is 5.01 Å². The van der Waals surface area contributed by atoms with Crippen molar-refractivity contribution in [3.8, 4) is 0 Å². The second kappa shape index (κ2) is 6.50. The number of piperazine rings is 1. The molecule has 0 N–H and O–H groups in total. The van der Waals surface area contributed by atoms with Gasteiger partial charge in [-0.05, 0) is 26.1 Å². The normalized spacial score (nSPS) is 19.7. The van der Waals surface area contributed by atoms with Crippen molar-refractivity contribution in [1.29, 1.82) is 0 Å². The van der Waals surface area contributed by atoms with Crippen LogP contribution in [0.4, 0.5) is 5.69 Å². The molecule has 1 aromatic carbocycles. The summed E-state index contributed by atoms with van der Waals surface area (Å²) in [5.41, 5.74) is 2.31. The van der Waals surface area contributed by atoms with Crippen LogP contribution in [0.15, 0.2) is 29.4 Å². The third-order valence-electron chi connectivity index (χ3n) is 4.35. The van der Waals surface area contributed by atoms with Crippen LogP contribution in [-0.2, 0) is 9.59 Å². The van der Waals surface area contributed by atoms with Gasteiger partial charge in [-0.15, -0.1) is 0 Å². The summed E-state index contributed by atoms with van der Waals surface area (Å²) in [5, 5.41) is 5.72. The Morgan fingerprint density at radius 3 is 2.35 bits per heavy atom. The van der Waals surface area contributed by atoms with E-state index >= 15 is 0 Å². The largest absolute Gasteiger partial charge is 0.335 e. The number of carbonyl (C=O) groups excluding carboxylic acids is 2. The Balaban J connectivity index is 1.79. The average molecular weight is 314 g/mol. The molecule has 0 atom stereocenters. The number of anilines is 1. The molecule has 1 fully saturated rings. The molecule has 1 aromatic rings. The molecule has 2 aliphatic rings. The molecule has 0 radical (unpaired) electrons. The number of nitrogens with zero attached hydrogens (tertiary/aromatic N) is 4. The molecular weight excluding hydrogens is 292 g/mol. The molecule has 0 saturated carbocycles. The van der Waals surface area contributed by atoms with Crippen LogP contribution in [-0.4, -0.2) is 60.6 Å². The first-order chi connectivity index (χ1) is 11.0. The lowest BCUT2D eigenvalue weighted by molar-refractivity contribution is -0.125. The molecule has 0 bridgehead atoms. The zero-order chi connectivity index (χ0) is 16.4. The van der Waals surface area contributed by atoms with Crippen LogP contribution >= 0.6 is 0 Å². The highest BCUT2D eigenvalue weighted by molar-refractivity contribution is 6.40. The van der Waals surface area contributed by atoms with Crippen LogP contribution in [0.25, 0.3) is 0 Å². The van der Waals surface area contributed by atoms with Gasteiger partial charge in [0.25, 0.3) is 5.91 Å². The second-order valence-corrected chi connectivity index (χ2v) is 6.18. The lowest BCUT2D eigenvalue weighted by Crippen LogP contribution is -2.50. The summed E-state index contributed by atoms with van der Waals surface area (Å²) in [6, 6.07) is 7.60. The van der Waals surface area contributed by atoms with E-state index in [9.17, 15) is 9.59 Å². The Hall–Kier alpha value is -2.21. The number of hydrazone groups is 1. The van der Waals surface area contributed by atoms with E-state index < -0.39 is 0 Å². The molecule has 122 valence electrons. The lowest BCUT2D eigenvalue weighted by Gasteiger charge is -2.33. The van der Waals surface area contributed by atoms with Gasteiger partial charge in [0.05, 0.1) is 5.69 Å². The third-order valence-corrected chi connectivity index (χ3v) is 4.35. The maximum Gasteiger partial charge on any atom is 0.270 e. The zero-order valence-electron chi connectivity index (χ0n) is 13.7. The summed E-state index contributed by atoms with van der Waals surface area (Å²) in [7, 11) is 2.05. The van der Waals surface area contributed by atoms with Gasteiger partial charge in [-0.2, -0.15) is 5.10 Å². The summed E-state index contributed by atoms with van der Waals surface area (Å²) in [6.07, 6.45) is 0.749. The van der Waals surface area contributed by atoms with E-state index in [1.54, 1.807) is 0 Å². The quantitative estimate of drug-likeness (QED) is 0.825. The lowest BCUT2D eigenvalue weighted by atomic mass is 10.1. The van der Waals surface area contributed by atoms with E-state index in [1.807, 2.05) is 36.1 Å². The van der Waals surface area contributed by atoms with Crippen molar-refractivity contribution < 1.29 is 9.59 Å². The second-order valence-electron chi connectivity index (χ2n) is 6.18. The van der Waals surface area contributed by atoms with Crippen molar-refractivity contribution in [3.05, 3.63) is 29.8 Å². The minimum absolute atomic E-state index is 0.0392. The van der Waals surface area contributed by atoms with Gasteiger partial charge in [0.2, 0.25) is 5.91 Å². The molecule has 1 saturated heterocycles. The highest BCUT2D eigenvalue weighted by Gasteiger charge is 2.29. The first kappa shape index (κ1) is 15.7. The van der Waals surface area contributed by atoms with Gasteiger partial charge >= 0.3 is 0 Å². The van der Waals surface area contributed by atoms with Crippen LogP contribution in [0, 0.1) is 6.92 Å². The number of hydrogen-bond acceptors (Lipinski definition) is 4. The van der Waals surface area contributed by atoms with Gasteiger partial charge in [0.15, 0.2) is 0 Å². The smallest absolute Gasteiger partial charge is 0.270 e. The Morgan fingerprint density at radius 2 is 1.70 bits per heavy atom. The van der Waals surface area contributed by atoms with E-state index in [-0.39, 0.29) is 11.8 Å². The molecule has 2 heterocycles. The van der Waals surface area contributed by atoms with Gasteiger partial charge in [-0.25, -0.2) is 5.01 Å². The molecule has 2 aliphatic heterocycles. The Labute approximate surface area is 136 Å². The Kier molecular flexibility index (Phi) is 4.43. The van der Waals surface area contributed by atoms with E-state index in [0.29, 0.717) is 37.3 Å². The van der Waals surface area contributed by atoms with E-state index in [4.69, 9.17) is 0 Å². The first-order valence-corrected chi connectivity index (χ1v) is 7.99. The summed E-state index contributed by atoms with van der Waals surface area (Å²) < 4.78 is 0. The average Bonchev–Trinajstić information content (AvgIpc) is 2.56. The van der Waals surface area contributed by atoms with Crippen molar-refractivity contribution in [2.24, 2.45) is 5.10 Å². The number of benzene rings is 1. The van der Waals surface area contributed by atoms with Crippen LogP contribution in [0.2, 0.25) is 0 Å². The Morgan fingerprint density at radius 1 is 1.04 bits per heavy atom. The van der Waals surface area contributed by atoms with Crippen LogP contribution in [0.3, 0.4) is 0 Å². The first-order valence-electron chi connectivity index (χ1n) is 7.99. The monoisotopic (exact) mass is 314 g/mol. The maximum atomic E-state index is 12.6. The fourth-order valence-corrected chi connectivity index (χ4v) is 2.79. The van der Waals surface area contributed by atoms with E-state index in [1.165, 1.54) is 5.01 Å². The maximum absolute atomic E-state index is 12.6. The molecular formula is C17H22N4O2. The predicted molar refractivity (Wildman–Crippen MR) is 89.4 cm³/mol. The zero-order valence-corrected chi connectivity index (χ0v) is 13.7. The molecule has 2 amide bonds. The van der Waals surface area contributed by atoms with Gasteiger partial charge in [-0.3, -0.25) is 9.59 Å². The number of rotatable bonds is 2. The standard InChI is InChI=1S/C17H22N4O2/c1-13-3-5-14(6-4-13)21-16(22)8-7-15(18-21)17(23)20-11-9-19(2)10-12-20/h3-6H,7-12H2,1-2H3. The molecule has 6 nitrogen and oxygen atoms in total. The van der Waals surface area contributed by atoms with Crippen molar-refractivity contribution in [2.45, 2.75) is 19.8 Å². The van der Waals surface area contributed by atoms with Crippen molar-refractivity contribution in [2.75, 3.05) is 38.2 Å². The van der Waals surface area contributed by atoms with Crippen LogP contribution in [0.1, 0.15) is 18.4 Å². The number of likely N-dealkylation sites (N-methyl/N-ethyl adjacent to an activating group) is 1. The topological polar surface area (TPSA) is 56.2 Å². The summed E-state index contributed by atoms with van der Waals surface area (Å²) in [6.45, 7) is 5.17. The fourth-order valence-electron chi connectivity index (χ4n) is 2.79. The molecule has 23 heavy (non-hydrogen) atoms. The minimum Gasteiger partial charge on any atom is -0.335 e. The van der Waals surface area contributed by atoms with Gasteiger partial charge in [0, 0.05) is 39.0 Å². The van der Waals surface area contributed by atoms with Gasteiger partial charge in [0.1, 0.15) is 5.71 Å². The highest BCUT2D eigenvalue weighted by atomic mass is 16.2. The summed E-state index contributed by atoms with van der Waals surface area (Å²) in [5.74, 6) is -0.105. The van der Waals surface area contributed by atoms with Crippen molar-refractivity contribution in [3.63, 3.8) is 0 Å². The summed E-state index contributed by atoms with van der Waals surface area (Å²) >= 11 is 0. The number of hydrogen-bond donors (Lipinski definition) is 0. The molecule has 3 rings (SSSR count). The molecule has 0 aliphatic carbocycles. The Bertz CT molecular complexity index is 630. The van der Waals surface area contributed by atoms with Gasteiger partial charge < -0.3 is 9.80 Å². The SMILES string of the molecule is Cc1ccc(N2N=C(C(=O)N3CCN(C)CC3)CCC2=O)cc1. The minimum atomic E-state index is -0.0659. The van der Waals surface area contributed by atoms with E-state index in [2.05, 4.69) is 17.0 Å². The molecule has 0 aromatic heterocycles. The highest BCUT2D eigenvalue weighted by Crippen LogP contribution is 2.21. The van der Waals surface area contributed by atoms with Gasteiger partial charge in [-0.1, -0.05) is 17.7 Å². The summed E-state index contributed by atoms with van der Waals surface area (Å²) in [4.78, 5) is 28.8.